The third-order valence-electron chi connectivity index (χ3n) is 6.55. The molecule has 0 saturated carbocycles. The maximum absolute atomic E-state index is 13.4. The lowest BCUT2D eigenvalue weighted by Gasteiger charge is -2.25. The van der Waals surface area contributed by atoms with Crippen molar-refractivity contribution in [2.75, 3.05) is 18.6 Å². The Labute approximate surface area is 249 Å². The zero-order chi connectivity index (χ0) is 31.1. The molecule has 0 saturated heterocycles. The van der Waals surface area contributed by atoms with E-state index in [1.165, 1.54) is 36.0 Å². The molecule has 0 bridgehead atoms. The highest BCUT2D eigenvalue weighted by Gasteiger charge is 2.30. The van der Waals surface area contributed by atoms with Gasteiger partial charge in [-0.05, 0) is 73.2 Å². The molecule has 0 aliphatic heterocycles. The maximum Gasteiger partial charge on any atom is 0.326 e. The number of benzene rings is 2. The van der Waals surface area contributed by atoms with Gasteiger partial charge < -0.3 is 42.7 Å². The smallest absolute Gasteiger partial charge is 0.326 e. The number of hydrogen-bond donors (Lipinski definition) is 8. The molecule has 2 aromatic carbocycles. The summed E-state index contributed by atoms with van der Waals surface area (Å²) in [4.78, 5) is 51.6. The van der Waals surface area contributed by atoms with E-state index in [-0.39, 0.29) is 30.8 Å². The van der Waals surface area contributed by atoms with Crippen molar-refractivity contribution in [3.05, 3.63) is 59.7 Å². The number of rotatable bonds is 18. The van der Waals surface area contributed by atoms with Crippen molar-refractivity contribution < 1.29 is 34.5 Å². The summed E-state index contributed by atoms with van der Waals surface area (Å²) in [5, 5.41) is 36.8. The number of thioether (sulfide) groups is 1. The van der Waals surface area contributed by atoms with E-state index in [9.17, 15) is 34.5 Å². The second-order valence-electron chi connectivity index (χ2n) is 9.94. The number of carboxylic acid groups (broad SMARTS) is 1. The number of hydrogen-bond acceptors (Lipinski definition) is 9. The van der Waals surface area contributed by atoms with Crippen LogP contribution in [0, 0.1) is 0 Å². The Morgan fingerprint density at radius 2 is 1.21 bits per heavy atom. The third kappa shape index (κ3) is 12.0. The molecule has 4 unspecified atom stereocenters. The first-order valence-corrected chi connectivity index (χ1v) is 15.1. The second kappa shape index (κ2) is 17.9. The Hall–Kier alpha value is -3.81. The van der Waals surface area contributed by atoms with Gasteiger partial charge in [0.05, 0.1) is 6.04 Å². The van der Waals surface area contributed by atoms with E-state index in [1.807, 2.05) is 6.26 Å². The van der Waals surface area contributed by atoms with Gasteiger partial charge in [0.1, 0.15) is 29.6 Å². The molecule has 0 aliphatic carbocycles. The van der Waals surface area contributed by atoms with E-state index in [4.69, 9.17) is 11.5 Å². The summed E-state index contributed by atoms with van der Waals surface area (Å²) in [6, 6.07) is 7.64. The van der Waals surface area contributed by atoms with Crippen molar-refractivity contribution in [3.8, 4) is 11.5 Å². The topological polar surface area (TPSA) is 217 Å². The highest BCUT2D eigenvalue weighted by atomic mass is 32.2. The first-order valence-electron chi connectivity index (χ1n) is 13.7. The third-order valence-corrected chi connectivity index (χ3v) is 7.19. The summed E-state index contributed by atoms with van der Waals surface area (Å²) in [6.07, 6.45) is 3.85. The Morgan fingerprint density at radius 1 is 0.738 bits per heavy atom. The summed E-state index contributed by atoms with van der Waals surface area (Å²) in [5.74, 6) is -2.54. The van der Waals surface area contributed by atoms with Gasteiger partial charge in [-0.25, -0.2) is 4.79 Å². The summed E-state index contributed by atoms with van der Waals surface area (Å²) < 4.78 is 0. The molecule has 3 amide bonds. The number of phenolic OH excluding ortho intramolecular Hbond substituents is 2. The number of unbranched alkanes of at least 4 members (excludes halogenated alkanes) is 1. The van der Waals surface area contributed by atoms with Gasteiger partial charge in [-0.1, -0.05) is 30.7 Å². The molecular formula is C29H41N5O7S. The van der Waals surface area contributed by atoms with Crippen molar-refractivity contribution in [2.45, 2.75) is 62.7 Å². The minimum Gasteiger partial charge on any atom is -0.508 e. The fourth-order valence-electron chi connectivity index (χ4n) is 4.11. The normalized spacial score (nSPS) is 13.8. The van der Waals surface area contributed by atoms with E-state index >= 15 is 0 Å². The molecule has 230 valence electrons. The van der Waals surface area contributed by atoms with Crippen LogP contribution in [0.5, 0.6) is 11.5 Å². The zero-order valence-electron chi connectivity index (χ0n) is 23.6. The Kier molecular flexibility index (Phi) is 14.6. The number of nitrogens with two attached hydrogens (primary N) is 2. The maximum atomic E-state index is 13.4. The first-order chi connectivity index (χ1) is 20.0. The Morgan fingerprint density at radius 3 is 1.71 bits per heavy atom. The van der Waals surface area contributed by atoms with Gasteiger partial charge in [-0.15, -0.1) is 0 Å². The van der Waals surface area contributed by atoms with Gasteiger partial charge in [-0.3, -0.25) is 14.4 Å². The van der Waals surface area contributed by atoms with Crippen molar-refractivity contribution in [3.63, 3.8) is 0 Å². The summed E-state index contributed by atoms with van der Waals surface area (Å²) >= 11 is 1.48. The largest absolute Gasteiger partial charge is 0.508 e. The van der Waals surface area contributed by atoms with Crippen LogP contribution >= 0.6 is 11.8 Å². The molecule has 0 aromatic heterocycles. The minimum absolute atomic E-state index is 0.00873. The Bertz CT molecular complexity index is 1160. The highest BCUT2D eigenvalue weighted by molar-refractivity contribution is 7.98. The lowest BCUT2D eigenvalue weighted by atomic mass is 10.0. The first kappa shape index (κ1) is 34.4. The Balaban J connectivity index is 2.23. The van der Waals surface area contributed by atoms with Gasteiger partial charge in [0.25, 0.3) is 0 Å². The lowest BCUT2D eigenvalue weighted by molar-refractivity contribution is -0.142. The SMILES string of the molecule is CSCCC(NC(=O)C(N)CCCCN)C(=O)NC(Cc1ccc(O)cc1)C(=O)NC(Cc1ccc(O)cc1)C(=O)O. The van der Waals surface area contributed by atoms with E-state index < -0.39 is 47.9 Å². The molecule has 0 radical (unpaired) electrons. The summed E-state index contributed by atoms with van der Waals surface area (Å²) in [7, 11) is 0. The summed E-state index contributed by atoms with van der Waals surface area (Å²) in [6.45, 7) is 0.481. The standard InChI is InChI=1S/C29H41N5O7S/c1-42-15-13-23(32-26(37)22(31)4-2-3-14-30)27(38)33-24(16-18-5-9-20(35)10-6-18)28(39)34-25(29(40)41)17-19-7-11-21(36)12-8-19/h5-12,22-25,35-36H,2-4,13-17,30-31H2,1H3,(H,32,37)(H,33,38)(H,34,39)(H,40,41). The summed E-state index contributed by atoms with van der Waals surface area (Å²) in [5.41, 5.74) is 12.7. The molecule has 0 aliphatic rings. The van der Waals surface area contributed by atoms with Crippen LogP contribution in [-0.4, -0.2) is 81.7 Å². The van der Waals surface area contributed by atoms with Gasteiger partial charge in [0.2, 0.25) is 17.7 Å². The number of carbonyl (C=O) groups excluding carboxylic acids is 3. The van der Waals surface area contributed by atoms with Crippen LogP contribution in [0.15, 0.2) is 48.5 Å². The van der Waals surface area contributed by atoms with Gasteiger partial charge in [-0.2, -0.15) is 11.8 Å². The highest BCUT2D eigenvalue weighted by Crippen LogP contribution is 2.14. The molecule has 42 heavy (non-hydrogen) atoms. The molecule has 0 heterocycles. The van der Waals surface area contributed by atoms with Crippen molar-refractivity contribution in [2.24, 2.45) is 11.5 Å². The monoisotopic (exact) mass is 603 g/mol. The predicted octanol–water partition coefficient (Wildman–Crippen LogP) is 0.631. The fourth-order valence-corrected chi connectivity index (χ4v) is 4.58. The molecule has 10 N–H and O–H groups in total. The predicted molar refractivity (Wildman–Crippen MR) is 161 cm³/mol. The van der Waals surface area contributed by atoms with E-state index in [0.29, 0.717) is 36.3 Å². The number of nitrogens with one attached hydrogen (secondary N) is 3. The van der Waals surface area contributed by atoms with Crippen LogP contribution in [0.3, 0.4) is 0 Å². The van der Waals surface area contributed by atoms with Crippen molar-refractivity contribution in [1.29, 1.82) is 0 Å². The molecule has 2 aromatic rings. The molecule has 0 fully saturated rings. The van der Waals surface area contributed by atoms with E-state index in [2.05, 4.69) is 16.0 Å². The zero-order valence-corrected chi connectivity index (χ0v) is 24.4. The number of aromatic hydroxyl groups is 2. The minimum atomic E-state index is -1.32. The van der Waals surface area contributed by atoms with E-state index in [0.717, 1.165) is 6.42 Å². The van der Waals surface area contributed by atoms with Gasteiger partial charge >= 0.3 is 5.97 Å². The molecular weight excluding hydrogens is 562 g/mol. The number of carbonyl (C=O) groups is 4. The number of aliphatic carboxylic acids is 1. The van der Waals surface area contributed by atoms with Crippen LogP contribution in [0.2, 0.25) is 0 Å². The van der Waals surface area contributed by atoms with Crippen LogP contribution in [0.1, 0.15) is 36.8 Å². The number of phenols is 2. The molecule has 13 heteroatoms. The van der Waals surface area contributed by atoms with Crippen LogP contribution < -0.4 is 27.4 Å². The second-order valence-corrected chi connectivity index (χ2v) is 10.9. The molecule has 0 spiro atoms. The molecule has 12 nitrogen and oxygen atoms in total. The average Bonchev–Trinajstić information content (AvgIpc) is 2.96. The number of amides is 3. The van der Waals surface area contributed by atoms with Crippen LogP contribution in [0.25, 0.3) is 0 Å². The van der Waals surface area contributed by atoms with Crippen LogP contribution in [-0.2, 0) is 32.0 Å². The van der Waals surface area contributed by atoms with Crippen molar-refractivity contribution in [1.82, 2.24) is 16.0 Å². The van der Waals surface area contributed by atoms with E-state index in [1.54, 1.807) is 24.3 Å². The quantitative estimate of drug-likeness (QED) is 0.111. The lowest BCUT2D eigenvalue weighted by Crippen LogP contribution is -2.58. The molecule has 2 rings (SSSR count). The van der Waals surface area contributed by atoms with Crippen LogP contribution in [0.4, 0.5) is 0 Å². The fraction of sp³-hybridized carbons (Fsp3) is 0.448. The van der Waals surface area contributed by atoms with Crippen molar-refractivity contribution >= 4 is 35.5 Å². The number of carboxylic acids is 1. The molecule has 4 atom stereocenters. The van der Waals surface area contributed by atoms with Gasteiger partial charge in [0.15, 0.2) is 0 Å². The average molecular weight is 604 g/mol. The van der Waals surface area contributed by atoms with Gasteiger partial charge in [0, 0.05) is 12.8 Å².